The van der Waals surface area contributed by atoms with Crippen molar-refractivity contribution in [1.82, 2.24) is 15.0 Å². The van der Waals surface area contributed by atoms with Gasteiger partial charge in [-0.05, 0) is 25.0 Å². The molecule has 0 aromatic carbocycles. The van der Waals surface area contributed by atoms with Crippen LogP contribution >= 0.6 is 12.2 Å². The van der Waals surface area contributed by atoms with E-state index in [1.807, 2.05) is 25.3 Å². The van der Waals surface area contributed by atoms with E-state index in [-0.39, 0.29) is 0 Å². The number of aryl methyl sites for hydroxylation is 1. The Bertz CT molecular complexity index is 561. The molecule has 88 valence electrons. The minimum absolute atomic E-state index is 0.711. The summed E-state index contributed by atoms with van der Waals surface area (Å²) >= 11 is 5.30. The number of pyridine rings is 1. The largest absolute Gasteiger partial charge is 0.347 e. The fraction of sp³-hybridized carbons (Fsp3) is 0.308. The average molecular weight is 245 g/mol. The lowest BCUT2D eigenvalue weighted by Gasteiger charge is -2.07. The summed E-state index contributed by atoms with van der Waals surface area (Å²) in [4.78, 5) is 11.8. The summed E-state index contributed by atoms with van der Waals surface area (Å²) in [7, 11) is 0. The van der Waals surface area contributed by atoms with Gasteiger partial charge < -0.3 is 4.98 Å². The van der Waals surface area contributed by atoms with Crippen LogP contribution in [0.5, 0.6) is 0 Å². The molecule has 0 atom stereocenters. The highest BCUT2D eigenvalue weighted by Gasteiger charge is 2.04. The second kappa shape index (κ2) is 5.19. The Morgan fingerprint density at radius 3 is 2.82 bits per heavy atom. The molecule has 2 aromatic heterocycles. The summed E-state index contributed by atoms with van der Waals surface area (Å²) in [5, 5.41) is 0. The molecule has 2 rings (SSSR count). The molecule has 0 aliphatic carbocycles. The summed E-state index contributed by atoms with van der Waals surface area (Å²) in [5.74, 6) is 0.901. The molecule has 0 bridgehead atoms. The zero-order valence-electron chi connectivity index (χ0n) is 10.0. The first kappa shape index (κ1) is 11.9. The number of hydrogen-bond acceptors (Lipinski definition) is 3. The Balaban J connectivity index is 2.32. The molecule has 17 heavy (non-hydrogen) atoms. The van der Waals surface area contributed by atoms with E-state index in [2.05, 4.69) is 21.9 Å². The number of nitrogens with zero attached hydrogens (tertiary/aromatic N) is 2. The lowest BCUT2D eigenvalue weighted by molar-refractivity contribution is 0.892. The van der Waals surface area contributed by atoms with Crippen LogP contribution in [0.25, 0.3) is 0 Å². The Kier molecular flexibility index (Phi) is 3.64. The Labute approximate surface area is 106 Å². The van der Waals surface area contributed by atoms with Crippen molar-refractivity contribution in [2.24, 2.45) is 0 Å². The van der Waals surface area contributed by atoms with Crippen LogP contribution < -0.4 is 0 Å². The van der Waals surface area contributed by atoms with Crippen LogP contribution in [-0.2, 0) is 12.8 Å². The first-order valence-electron chi connectivity index (χ1n) is 5.68. The van der Waals surface area contributed by atoms with Gasteiger partial charge in [-0.2, -0.15) is 0 Å². The van der Waals surface area contributed by atoms with Crippen LogP contribution in [0.3, 0.4) is 0 Å². The van der Waals surface area contributed by atoms with Gasteiger partial charge in [0.25, 0.3) is 0 Å². The maximum atomic E-state index is 5.30. The first-order valence-corrected chi connectivity index (χ1v) is 6.09. The van der Waals surface area contributed by atoms with E-state index in [4.69, 9.17) is 12.2 Å². The smallest absolute Gasteiger partial charge is 0.133 e. The molecule has 2 heterocycles. The molecule has 0 saturated carbocycles. The van der Waals surface area contributed by atoms with E-state index in [0.717, 1.165) is 35.5 Å². The number of aromatic nitrogens is 3. The Morgan fingerprint density at radius 2 is 2.24 bits per heavy atom. The van der Waals surface area contributed by atoms with Gasteiger partial charge in [-0.25, -0.2) is 4.98 Å². The molecule has 0 amide bonds. The predicted octanol–water partition coefficient (Wildman–Crippen LogP) is 3.00. The van der Waals surface area contributed by atoms with E-state index in [0.29, 0.717) is 4.64 Å². The van der Waals surface area contributed by atoms with Gasteiger partial charge in [-0.1, -0.05) is 25.2 Å². The van der Waals surface area contributed by atoms with Crippen LogP contribution in [0.15, 0.2) is 24.5 Å². The van der Waals surface area contributed by atoms with Gasteiger partial charge >= 0.3 is 0 Å². The molecule has 2 aromatic rings. The van der Waals surface area contributed by atoms with Crippen LogP contribution in [0.1, 0.15) is 29.6 Å². The minimum Gasteiger partial charge on any atom is -0.347 e. The third-order valence-electron chi connectivity index (χ3n) is 2.73. The lowest BCUT2D eigenvalue weighted by Crippen LogP contribution is -2.03. The Hall–Kier alpha value is -1.55. The SMILES string of the molecule is CCc1c(C)[nH]c(Cc2cccnc2)nc1=S. The van der Waals surface area contributed by atoms with Gasteiger partial charge in [-0.3, -0.25) is 4.98 Å². The van der Waals surface area contributed by atoms with Gasteiger partial charge in [0.1, 0.15) is 10.5 Å². The molecule has 0 aliphatic heterocycles. The van der Waals surface area contributed by atoms with E-state index < -0.39 is 0 Å². The van der Waals surface area contributed by atoms with E-state index in [1.54, 1.807) is 6.20 Å². The third-order valence-corrected chi connectivity index (χ3v) is 3.06. The topological polar surface area (TPSA) is 41.6 Å². The highest BCUT2D eigenvalue weighted by Crippen LogP contribution is 2.10. The minimum atomic E-state index is 0.711. The molecule has 0 fully saturated rings. The monoisotopic (exact) mass is 245 g/mol. The quantitative estimate of drug-likeness (QED) is 0.845. The predicted molar refractivity (Wildman–Crippen MR) is 70.6 cm³/mol. The standard InChI is InChI=1S/C13H15N3S/c1-3-11-9(2)15-12(16-13(11)17)7-10-5-4-6-14-8-10/h4-6,8H,3,7H2,1-2H3,(H,15,16,17). The molecule has 0 spiro atoms. The number of hydrogen-bond donors (Lipinski definition) is 1. The van der Waals surface area contributed by atoms with Gasteiger partial charge in [0.2, 0.25) is 0 Å². The normalized spacial score (nSPS) is 10.5. The van der Waals surface area contributed by atoms with Crippen LogP contribution in [-0.4, -0.2) is 15.0 Å². The molecule has 4 heteroatoms. The van der Waals surface area contributed by atoms with Crippen molar-refractivity contribution in [2.75, 3.05) is 0 Å². The highest BCUT2D eigenvalue weighted by atomic mass is 32.1. The molecular formula is C13H15N3S. The van der Waals surface area contributed by atoms with Crippen molar-refractivity contribution in [1.29, 1.82) is 0 Å². The fourth-order valence-corrected chi connectivity index (χ4v) is 2.27. The van der Waals surface area contributed by atoms with Gasteiger partial charge in [-0.15, -0.1) is 0 Å². The van der Waals surface area contributed by atoms with E-state index >= 15 is 0 Å². The lowest BCUT2D eigenvalue weighted by atomic mass is 10.1. The molecule has 1 N–H and O–H groups in total. The van der Waals surface area contributed by atoms with Crippen molar-refractivity contribution >= 4 is 12.2 Å². The Morgan fingerprint density at radius 1 is 1.41 bits per heavy atom. The summed E-state index contributed by atoms with van der Waals surface area (Å²) < 4.78 is 0.711. The number of aromatic amines is 1. The van der Waals surface area contributed by atoms with E-state index in [9.17, 15) is 0 Å². The number of H-pyrrole nitrogens is 1. The molecule has 0 aliphatic rings. The first-order chi connectivity index (χ1) is 8.20. The summed E-state index contributed by atoms with van der Waals surface area (Å²) in [6.45, 7) is 4.14. The average Bonchev–Trinajstić information content (AvgIpc) is 2.30. The summed E-state index contributed by atoms with van der Waals surface area (Å²) in [6, 6.07) is 3.96. The van der Waals surface area contributed by atoms with Gasteiger partial charge in [0.05, 0.1) is 0 Å². The van der Waals surface area contributed by atoms with E-state index in [1.165, 1.54) is 0 Å². The van der Waals surface area contributed by atoms with Gasteiger partial charge in [0.15, 0.2) is 0 Å². The third kappa shape index (κ3) is 2.77. The molecule has 0 saturated heterocycles. The second-order valence-corrected chi connectivity index (χ2v) is 4.37. The number of rotatable bonds is 3. The second-order valence-electron chi connectivity index (χ2n) is 3.98. The van der Waals surface area contributed by atoms with Crippen molar-refractivity contribution in [3.8, 4) is 0 Å². The molecular weight excluding hydrogens is 230 g/mol. The van der Waals surface area contributed by atoms with Crippen LogP contribution in [0.4, 0.5) is 0 Å². The van der Waals surface area contributed by atoms with Crippen molar-refractivity contribution in [3.05, 3.63) is 51.8 Å². The molecule has 0 unspecified atom stereocenters. The highest BCUT2D eigenvalue weighted by molar-refractivity contribution is 7.71. The van der Waals surface area contributed by atoms with Crippen molar-refractivity contribution in [3.63, 3.8) is 0 Å². The van der Waals surface area contributed by atoms with Crippen molar-refractivity contribution in [2.45, 2.75) is 26.7 Å². The molecule has 0 radical (unpaired) electrons. The molecule has 3 nitrogen and oxygen atoms in total. The number of nitrogens with one attached hydrogen (secondary N) is 1. The maximum Gasteiger partial charge on any atom is 0.133 e. The van der Waals surface area contributed by atoms with Crippen molar-refractivity contribution < 1.29 is 0 Å². The summed E-state index contributed by atoms with van der Waals surface area (Å²) in [6.07, 6.45) is 5.27. The zero-order valence-corrected chi connectivity index (χ0v) is 10.8. The van der Waals surface area contributed by atoms with Crippen LogP contribution in [0.2, 0.25) is 0 Å². The van der Waals surface area contributed by atoms with Gasteiger partial charge in [0, 0.05) is 30.1 Å². The van der Waals surface area contributed by atoms with Crippen LogP contribution in [0, 0.1) is 11.6 Å². The fourth-order valence-electron chi connectivity index (χ4n) is 1.87. The maximum absolute atomic E-state index is 5.30. The summed E-state index contributed by atoms with van der Waals surface area (Å²) in [5.41, 5.74) is 3.38. The zero-order chi connectivity index (χ0) is 12.3.